The van der Waals surface area contributed by atoms with Crippen LogP contribution in [0.5, 0.6) is 0 Å². The van der Waals surface area contributed by atoms with Gasteiger partial charge in [0, 0.05) is 18.3 Å². The number of carboxylic acid groups (broad SMARTS) is 1. The fourth-order valence-electron chi connectivity index (χ4n) is 1.33. The molecule has 0 unspecified atom stereocenters. The molecule has 0 saturated heterocycles. The molecule has 0 bridgehead atoms. The lowest BCUT2D eigenvalue weighted by Crippen LogP contribution is -1.95. The van der Waals surface area contributed by atoms with Crippen LogP contribution in [0.3, 0.4) is 0 Å². The summed E-state index contributed by atoms with van der Waals surface area (Å²) in [6.45, 7) is 2.93. The standard InChI is InChI=1S/C10H11N3O2S/c1-2-3-13-6-7(4-12-13)9-11-5-8(16-9)10(14)15/h4-6H,2-3H2,1H3,(H,14,15). The lowest BCUT2D eigenvalue weighted by atomic mass is 10.4. The van der Waals surface area contributed by atoms with E-state index in [2.05, 4.69) is 17.0 Å². The Balaban J connectivity index is 2.24. The van der Waals surface area contributed by atoms with Gasteiger partial charge in [-0.15, -0.1) is 11.3 Å². The molecule has 1 N–H and O–H groups in total. The number of aromatic nitrogens is 3. The van der Waals surface area contributed by atoms with E-state index >= 15 is 0 Å². The molecule has 5 nitrogen and oxygen atoms in total. The lowest BCUT2D eigenvalue weighted by molar-refractivity contribution is 0.0702. The Kier molecular flexibility index (Phi) is 3.00. The van der Waals surface area contributed by atoms with E-state index in [1.807, 2.05) is 10.9 Å². The predicted molar refractivity (Wildman–Crippen MR) is 60.6 cm³/mol. The van der Waals surface area contributed by atoms with Crippen molar-refractivity contribution in [3.8, 4) is 10.6 Å². The van der Waals surface area contributed by atoms with Crippen molar-refractivity contribution in [2.45, 2.75) is 19.9 Å². The van der Waals surface area contributed by atoms with Crippen LogP contribution < -0.4 is 0 Å². The summed E-state index contributed by atoms with van der Waals surface area (Å²) in [6, 6.07) is 0. The monoisotopic (exact) mass is 237 g/mol. The number of hydrogen-bond acceptors (Lipinski definition) is 4. The maximum Gasteiger partial charge on any atom is 0.347 e. The van der Waals surface area contributed by atoms with Gasteiger partial charge in [-0.3, -0.25) is 4.68 Å². The molecule has 0 atom stereocenters. The molecule has 0 aliphatic carbocycles. The first-order valence-electron chi connectivity index (χ1n) is 4.92. The number of carbonyl (C=O) groups is 1. The van der Waals surface area contributed by atoms with Crippen LogP contribution in [-0.2, 0) is 6.54 Å². The van der Waals surface area contributed by atoms with Gasteiger partial charge in [0.15, 0.2) is 0 Å². The van der Waals surface area contributed by atoms with E-state index in [0.717, 1.165) is 29.9 Å². The Morgan fingerprint density at radius 2 is 2.38 bits per heavy atom. The van der Waals surface area contributed by atoms with Crippen LogP contribution in [-0.4, -0.2) is 25.8 Å². The number of aromatic carboxylic acids is 1. The number of aryl methyl sites for hydroxylation is 1. The number of nitrogens with zero attached hydrogens (tertiary/aromatic N) is 3. The third kappa shape index (κ3) is 2.11. The minimum absolute atomic E-state index is 0.248. The fourth-order valence-corrected chi connectivity index (χ4v) is 2.06. The van der Waals surface area contributed by atoms with Crippen LogP contribution >= 0.6 is 11.3 Å². The summed E-state index contributed by atoms with van der Waals surface area (Å²) in [7, 11) is 0. The first-order valence-corrected chi connectivity index (χ1v) is 5.74. The maximum atomic E-state index is 10.7. The molecule has 2 aromatic heterocycles. The summed E-state index contributed by atoms with van der Waals surface area (Å²) in [5, 5.41) is 13.7. The van der Waals surface area contributed by atoms with Gasteiger partial charge in [0.25, 0.3) is 0 Å². The van der Waals surface area contributed by atoms with Gasteiger partial charge in [-0.25, -0.2) is 9.78 Å². The van der Waals surface area contributed by atoms with Crippen LogP contribution in [0.15, 0.2) is 18.6 Å². The first-order chi connectivity index (χ1) is 7.70. The topological polar surface area (TPSA) is 68.0 Å². The maximum absolute atomic E-state index is 10.7. The molecule has 16 heavy (non-hydrogen) atoms. The molecule has 0 aliphatic heterocycles. The molecule has 2 aromatic rings. The van der Waals surface area contributed by atoms with E-state index in [4.69, 9.17) is 5.11 Å². The number of carboxylic acids is 1. The van der Waals surface area contributed by atoms with Gasteiger partial charge in [-0.05, 0) is 6.42 Å². The molecular formula is C10H11N3O2S. The van der Waals surface area contributed by atoms with Crippen molar-refractivity contribution in [2.24, 2.45) is 0 Å². The van der Waals surface area contributed by atoms with Crippen molar-refractivity contribution in [3.05, 3.63) is 23.5 Å². The Labute approximate surface area is 96.4 Å². The summed E-state index contributed by atoms with van der Waals surface area (Å²) < 4.78 is 1.83. The normalized spacial score (nSPS) is 10.6. The largest absolute Gasteiger partial charge is 0.477 e. The van der Waals surface area contributed by atoms with E-state index in [0.29, 0.717) is 5.01 Å². The van der Waals surface area contributed by atoms with Crippen molar-refractivity contribution < 1.29 is 9.90 Å². The zero-order valence-corrected chi connectivity index (χ0v) is 9.57. The quantitative estimate of drug-likeness (QED) is 0.884. The summed E-state index contributed by atoms with van der Waals surface area (Å²) in [4.78, 5) is 15.0. The molecule has 0 radical (unpaired) electrons. The fraction of sp³-hybridized carbons (Fsp3) is 0.300. The molecule has 0 spiro atoms. The highest BCUT2D eigenvalue weighted by Crippen LogP contribution is 2.24. The Hall–Kier alpha value is -1.69. The second-order valence-corrected chi connectivity index (χ2v) is 4.36. The smallest absolute Gasteiger partial charge is 0.347 e. The molecule has 2 heterocycles. The van der Waals surface area contributed by atoms with Gasteiger partial charge in [-0.2, -0.15) is 5.10 Å². The van der Waals surface area contributed by atoms with Crippen LogP contribution in [0.1, 0.15) is 23.0 Å². The van der Waals surface area contributed by atoms with Crippen LogP contribution in [0.4, 0.5) is 0 Å². The Morgan fingerprint density at radius 3 is 3.00 bits per heavy atom. The molecule has 6 heteroatoms. The van der Waals surface area contributed by atoms with E-state index in [9.17, 15) is 4.79 Å². The van der Waals surface area contributed by atoms with Gasteiger partial charge in [-0.1, -0.05) is 6.92 Å². The van der Waals surface area contributed by atoms with Crippen molar-refractivity contribution in [2.75, 3.05) is 0 Å². The van der Waals surface area contributed by atoms with Gasteiger partial charge < -0.3 is 5.11 Å². The molecular weight excluding hydrogens is 226 g/mol. The van der Waals surface area contributed by atoms with E-state index in [1.165, 1.54) is 6.20 Å². The summed E-state index contributed by atoms with van der Waals surface area (Å²) in [5.41, 5.74) is 0.867. The second-order valence-electron chi connectivity index (χ2n) is 3.33. The molecule has 2 rings (SSSR count). The van der Waals surface area contributed by atoms with Crippen molar-refractivity contribution >= 4 is 17.3 Å². The lowest BCUT2D eigenvalue weighted by Gasteiger charge is -1.94. The van der Waals surface area contributed by atoms with Crippen molar-refractivity contribution in [1.82, 2.24) is 14.8 Å². The third-order valence-corrected chi connectivity index (χ3v) is 3.08. The van der Waals surface area contributed by atoms with Crippen molar-refractivity contribution in [3.63, 3.8) is 0 Å². The zero-order valence-electron chi connectivity index (χ0n) is 8.75. The molecule has 0 aliphatic rings. The van der Waals surface area contributed by atoms with Crippen molar-refractivity contribution in [1.29, 1.82) is 0 Å². The van der Waals surface area contributed by atoms with Gasteiger partial charge in [0.05, 0.1) is 12.4 Å². The van der Waals surface area contributed by atoms with Crippen LogP contribution in [0.2, 0.25) is 0 Å². The second kappa shape index (κ2) is 4.44. The third-order valence-electron chi connectivity index (χ3n) is 2.05. The highest BCUT2D eigenvalue weighted by Gasteiger charge is 2.11. The molecule has 0 fully saturated rings. The summed E-state index contributed by atoms with van der Waals surface area (Å²) >= 11 is 1.16. The molecule has 0 aromatic carbocycles. The Morgan fingerprint density at radius 1 is 1.56 bits per heavy atom. The van der Waals surface area contributed by atoms with E-state index in [-0.39, 0.29) is 4.88 Å². The number of hydrogen-bond donors (Lipinski definition) is 1. The summed E-state index contributed by atoms with van der Waals surface area (Å²) in [5.74, 6) is -0.940. The highest BCUT2D eigenvalue weighted by atomic mass is 32.1. The summed E-state index contributed by atoms with van der Waals surface area (Å²) in [6.07, 6.45) is 5.98. The SMILES string of the molecule is CCCn1cc(-c2ncc(C(=O)O)s2)cn1. The average Bonchev–Trinajstić information content (AvgIpc) is 2.84. The average molecular weight is 237 g/mol. The van der Waals surface area contributed by atoms with Gasteiger partial charge in [0.1, 0.15) is 9.88 Å². The highest BCUT2D eigenvalue weighted by molar-refractivity contribution is 7.16. The van der Waals surface area contributed by atoms with E-state index in [1.54, 1.807) is 6.20 Å². The predicted octanol–water partition coefficient (Wildman–Crippen LogP) is 2.11. The van der Waals surface area contributed by atoms with Gasteiger partial charge in [0.2, 0.25) is 0 Å². The Bertz CT molecular complexity index is 504. The molecule has 84 valence electrons. The molecule has 0 saturated carbocycles. The number of thiazole rings is 1. The minimum Gasteiger partial charge on any atom is -0.477 e. The van der Waals surface area contributed by atoms with Crippen LogP contribution in [0.25, 0.3) is 10.6 Å². The number of rotatable bonds is 4. The first kappa shape index (κ1) is 10.8. The van der Waals surface area contributed by atoms with Crippen LogP contribution in [0, 0.1) is 0 Å². The van der Waals surface area contributed by atoms with E-state index < -0.39 is 5.97 Å². The minimum atomic E-state index is -0.940. The molecule has 0 amide bonds. The van der Waals surface area contributed by atoms with Gasteiger partial charge >= 0.3 is 5.97 Å². The zero-order chi connectivity index (χ0) is 11.5.